The van der Waals surface area contributed by atoms with E-state index in [2.05, 4.69) is 27.1 Å². The van der Waals surface area contributed by atoms with E-state index >= 15 is 0 Å². The summed E-state index contributed by atoms with van der Waals surface area (Å²) in [4.78, 5) is 21.2. The highest BCUT2D eigenvalue weighted by molar-refractivity contribution is 5.86. The lowest BCUT2D eigenvalue weighted by atomic mass is 9.87. The smallest absolute Gasteiger partial charge is 0.237 e. The molecule has 0 aliphatic carbocycles. The molecule has 1 amide bonds. The molecule has 3 N–H and O–H groups in total. The van der Waals surface area contributed by atoms with Crippen molar-refractivity contribution < 1.29 is 4.79 Å². The van der Waals surface area contributed by atoms with Crippen LogP contribution in [0.15, 0.2) is 18.3 Å². The van der Waals surface area contributed by atoms with E-state index < -0.39 is 6.04 Å². The Hall–Kier alpha value is -0.790. The van der Waals surface area contributed by atoms with Crippen LogP contribution < -0.4 is 16.0 Å². The summed E-state index contributed by atoms with van der Waals surface area (Å²) < 4.78 is 0. The van der Waals surface area contributed by atoms with E-state index in [9.17, 15) is 4.79 Å². The van der Waals surface area contributed by atoms with Crippen LogP contribution in [0.4, 0.5) is 5.82 Å². The zero-order valence-corrected chi connectivity index (χ0v) is 18.3. The SMILES string of the molecule is CN1CCN(c2cc(CNC(=O)[C@@H](N)C(C)(C)C)ccn2)CC1.Cl.Cl.Cl. The molecular weight excluding hydrogens is 397 g/mol. The first-order chi connectivity index (χ1) is 10.8. The number of hydrogen-bond acceptors (Lipinski definition) is 5. The summed E-state index contributed by atoms with van der Waals surface area (Å²) in [6, 6.07) is 3.47. The van der Waals surface area contributed by atoms with E-state index in [0.717, 1.165) is 37.6 Å². The molecule has 0 unspecified atom stereocenters. The number of hydrogen-bond donors (Lipinski definition) is 2. The lowest BCUT2D eigenvalue weighted by Crippen LogP contribution is -2.48. The topological polar surface area (TPSA) is 74.5 Å². The minimum atomic E-state index is -0.513. The van der Waals surface area contributed by atoms with Crippen molar-refractivity contribution in [3.8, 4) is 0 Å². The lowest BCUT2D eigenvalue weighted by molar-refractivity contribution is -0.124. The fourth-order valence-corrected chi connectivity index (χ4v) is 2.47. The summed E-state index contributed by atoms with van der Waals surface area (Å²) in [5, 5.41) is 2.92. The van der Waals surface area contributed by atoms with Gasteiger partial charge < -0.3 is 20.9 Å². The normalized spacial score (nSPS) is 15.8. The largest absolute Gasteiger partial charge is 0.354 e. The average molecular weight is 429 g/mol. The third kappa shape index (κ3) is 7.84. The standard InChI is InChI=1S/C17H29N5O.3ClH/c1-17(2,3)15(18)16(23)20-12-13-5-6-19-14(11-13)22-9-7-21(4)8-10-22;;;/h5-6,11,15H,7-10,12,18H2,1-4H3,(H,20,23);3*1H/t15-;;;/m1.../s1. The molecule has 2 heterocycles. The van der Waals surface area contributed by atoms with Crippen LogP contribution in [0.25, 0.3) is 0 Å². The molecule has 0 radical (unpaired) electrons. The predicted molar refractivity (Wildman–Crippen MR) is 115 cm³/mol. The van der Waals surface area contributed by atoms with Crippen molar-refractivity contribution >= 4 is 48.9 Å². The van der Waals surface area contributed by atoms with Crippen molar-refractivity contribution in [1.29, 1.82) is 0 Å². The summed E-state index contributed by atoms with van der Waals surface area (Å²) in [5.41, 5.74) is 6.78. The quantitative estimate of drug-likeness (QED) is 0.768. The molecule has 6 nitrogen and oxygen atoms in total. The number of anilines is 1. The molecule has 152 valence electrons. The van der Waals surface area contributed by atoms with E-state index in [1.54, 1.807) is 6.20 Å². The van der Waals surface area contributed by atoms with Gasteiger partial charge in [0.15, 0.2) is 0 Å². The summed E-state index contributed by atoms with van der Waals surface area (Å²) in [6.45, 7) is 10.4. The number of carbonyl (C=O) groups excluding carboxylic acids is 1. The van der Waals surface area contributed by atoms with Crippen LogP contribution in [0.2, 0.25) is 0 Å². The van der Waals surface area contributed by atoms with Gasteiger partial charge in [0.05, 0.1) is 6.04 Å². The van der Waals surface area contributed by atoms with Gasteiger partial charge in [0, 0.05) is 38.9 Å². The van der Waals surface area contributed by atoms with Crippen LogP contribution in [0.5, 0.6) is 0 Å². The van der Waals surface area contributed by atoms with Crippen molar-refractivity contribution in [2.75, 3.05) is 38.1 Å². The van der Waals surface area contributed by atoms with Crippen LogP contribution >= 0.6 is 37.2 Å². The number of pyridine rings is 1. The predicted octanol–water partition coefficient (Wildman–Crippen LogP) is 2.09. The van der Waals surface area contributed by atoms with Gasteiger partial charge in [0.2, 0.25) is 5.91 Å². The van der Waals surface area contributed by atoms with Crippen LogP contribution in [0.1, 0.15) is 26.3 Å². The maximum absolute atomic E-state index is 12.1. The zero-order valence-electron chi connectivity index (χ0n) is 15.9. The van der Waals surface area contributed by atoms with Gasteiger partial charge in [-0.15, -0.1) is 37.2 Å². The second-order valence-corrected chi connectivity index (χ2v) is 7.37. The van der Waals surface area contributed by atoms with E-state index in [4.69, 9.17) is 5.73 Å². The molecule has 1 aliphatic rings. The van der Waals surface area contributed by atoms with Crippen molar-refractivity contribution in [1.82, 2.24) is 15.2 Å². The Labute approximate surface area is 175 Å². The summed E-state index contributed by atoms with van der Waals surface area (Å²) in [6.07, 6.45) is 1.80. The lowest BCUT2D eigenvalue weighted by Gasteiger charge is -2.33. The van der Waals surface area contributed by atoms with Crippen molar-refractivity contribution in [3.05, 3.63) is 23.9 Å². The van der Waals surface area contributed by atoms with Gasteiger partial charge in [-0.2, -0.15) is 0 Å². The fraction of sp³-hybridized carbons (Fsp3) is 0.647. The molecule has 0 bridgehead atoms. The molecular formula is C17H32Cl3N5O. The average Bonchev–Trinajstić information content (AvgIpc) is 2.52. The number of rotatable bonds is 4. The minimum Gasteiger partial charge on any atom is -0.354 e. The van der Waals surface area contributed by atoms with Gasteiger partial charge in [-0.1, -0.05) is 20.8 Å². The van der Waals surface area contributed by atoms with Gasteiger partial charge in [-0.25, -0.2) is 4.98 Å². The number of amides is 1. The Morgan fingerprint density at radius 3 is 2.35 bits per heavy atom. The Bertz CT molecular complexity index is 545. The number of nitrogens with zero attached hydrogens (tertiary/aromatic N) is 3. The maximum atomic E-state index is 12.1. The van der Waals surface area contributed by atoms with E-state index in [1.165, 1.54) is 0 Å². The second kappa shape index (κ2) is 11.8. The van der Waals surface area contributed by atoms with Gasteiger partial charge >= 0.3 is 0 Å². The number of halogens is 3. The molecule has 1 aromatic heterocycles. The minimum absolute atomic E-state index is 0. The highest BCUT2D eigenvalue weighted by Crippen LogP contribution is 2.18. The molecule has 2 rings (SSSR count). The first-order valence-electron chi connectivity index (χ1n) is 8.19. The number of nitrogens with one attached hydrogen (secondary N) is 1. The van der Waals surface area contributed by atoms with Gasteiger partial charge in [0.1, 0.15) is 5.82 Å². The van der Waals surface area contributed by atoms with Gasteiger partial charge in [-0.05, 0) is 30.2 Å². The fourth-order valence-electron chi connectivity index (χ4n) is 2.47. The van der Waals surface area contributed by atoms with Crippen LogP contribution in [0.3, 0.4) is 0 Å². The monoisotopic (exact) mass is 427 g/mol. The van der Waals surface area contributed by atoms with Crippen LogP contribution in [-0.2, 0) is 11.3 Å². The number of aromatic nitrogens is 1. The summed E-state index contributed by atoms with van der Waals surface area (Å²) in [7, 11) is 2.13. The maximum Gasteiger partial charge on any atom is 0.237 e. The summed E-state index contributed by atoms with van der Waals surface area (Å²) >= 11 is 0. The molecule has 1 saturated heterocycles. The van der Waals surface area contributed by atoms with E-state index in [1.807, 2.05) is 32.9 Å². The third-order valence-electron chi connectivity index (χ3n) is 4.32. The molecule has 26 heavy (non-hydrogen) atoms. The van der Waals surface area contributed by atoms with Crippen molar-refractivity contribution in [3.63, 3.8) is 0 Å². The van der Waals surface area contributed by atoms with Gasteiger partial charge in [-0.3, -0.25) is 4.79 Å². The Morgan fingerprint density at radius 1 is 1.23 bits per heavy atom. The molecule has 0 spiro atoms. The van der Waals surface area contributed by atoms with Crippen molar-refractivity contribution in [2.45, 2.75) is 33.4 Å². The molecule has 0 saturated carbocycles. The first kappa shape index (κ1) is 27.4. The molecule has 1 atom stereocenters. The van der Waals surface area contributed by atoms with Crippen LogP contribution in [0, 0.1) is 5.41 Å². The molecule has 0 aromatic carbocycles. The second-order valence-electron chi connectivity index (χ2n) is 7.37. The molecule has 1 aromatic rings. The third-order valence-corrected chi connectivity index (χ3v) is 4.32. The van der Waals surface area contributed by atoms with E-state index in [-0.39, 0.29) is 48.5 Å². The molecule has 1 aliphatic heterocycles. The van der Waals surface area contributed by atoms with Crippen molar-refractivity contribution in [2.24, 2.45) is 11.1 Å². The zero-order chi connectivity index (χ0) is 17.0. The van der Waals surface area contributed by atoms with E-state index in [0.29, 0.717) is 6.54 Å². The van der Waals surface area contributed by atoms with Crippen LogP contribution in [-0.4, -0.2) is 55.1 Å². The Balaban J connectivity index is 0. The number of piperazine rings is 1. The highest BCUT2D eigenvalue weighted by atomic mass is 35.5. The molecule has 1 fully saturated rings. The Morgan fingerprint density at radius 2 is 1.81 bits per heavy atom. The number of nitrogens with two attached hydrogens (primary N) is 1. The molecule has 9 heteroatoms. The summed E-state index contributed by atoms with van der Waals surface area (Å²) in [5.74, 6) is 0.862. The first-order valence-corrected chi connectivity index (χ1v) is 8.19. The Kier molecular flexibility index (Phi) is 12.5. The van der Waals surface area contributed by atoms with Gasteiger partial charge in [0.25, 0.3) is 0 Å². The highest BCUT2D eigenvalue weighted by Gasteiger charge is 2.27. The number of carbonyl (C=O) groups is 1. The number of likely N-dealkylation sites (N-methyl/N-ethyl adjacent to an activating group) is 1.